The fourth-order valence-electron chi connectivity index (χ4n) is 1.74. The maximum atomic E-state index is 5.59. The Kier molecular flexibility index (Phi) is 4.47. The summed E-state index contributed by atoms with van der Waals surface area (Å²) in [5, 5.41) is 3.09. The van der Waals surface area contributed by atoms with E-state index in [1.54, 1.807) is 11.3 Å². The molecule has 96 valence electrons. The van der Waals surface area contributed by atoms with Gasteiger partial charge in [-0.05, 0) is 19.4 Å². The molecule has 0 aliphatic heterocycles. The predicted octanol–water partition coefficient (Wildman–Crippen LogP) is 3.37. The van der Waals surface area contributed by atoms with Gasteiger partial charge in [0, 0.05) is 24.1 Å². The molecule has 4 heteroatoms. The quantitative estimate of drug-likeness (QED) is 0.898. The van der Waals surface area contributed by atoms with Gasteiger partial charge in [0.1, 0.15) is 11.1 Å². The van der Waals surface area contributed by atoms with E-state index < -0.39 is 0 Å². The molecule has 1 heterocycles. The van der Waals surface area contributed by atoms with E-state index in [1.165, 1.54) is 0 Å². The van der Waals surface area contributed by atoms with E-state index >= 15 is 0 Å². The molecule has 18 heavy (non-hydrogen) atoms. The number of hydrogen-bond donors (Lipinski definition) is 1. The van der Waals surface area contributed by atoms with Crippen molar-refractivity contribution >= 4 is 11.3 Å². The Balaban J connectivity index is 2.18. The van der Waals surface area contributed by atoms with Gasteiger partial charge in [-0.2, -0.15) is 0 Å². The lowest BCUT2D eigenvalue weighted by Crippen LogP contribution is -1.98. The lowest BCUT2D eigenvalue weighted by atomic mass is 10.1. The van der Waals surface area contributed by atoms with Gasteiger partial charge in [0.2, 0.25) is 0 Å². The second-order valence-corrected chi connectivity index (χ2v) is 4.96. The van der Waals surface area contributed by atoms with Gasteiger partial charge in [-0.1, -0.05) is 24.3 Å². The molecule has 1 unspecified atom stereocenters. The zero-order valence-electron chi connectivity index (χ0n) is 10.7. The minimum Gasteiger partial charge on any atom is -0.372 e. The van der Waals surface area contributed by atoms with Crippen LogP contribution in [0.5, 0.6) is 0 Å². The Morgan fingerprint density at radius 3 is 2.67 bits per heavy atom. The molecule has 1 aromatic carbocycles. The van der Waals surface area contributed by atoms with Crippen LogP contribution >= 0.6 is 11.3 Å². The Morgan fingerprint density at radius 2 is 2.06 bits per heavy atom. The molecule has 0 aliphatic carbocycles. The van der Waals surface area contributed by atoms with Gasteiger partial charge in [-0.3, -0.25) is 0 Å². The third-order valence-corrected chi connectivity index (χ3v) is 3.78. The zero-order valence-corrected chi connectivity index (χ0v) is 11.5. The van der Waals surface area contributed by atoms with Crippen molar-refractivity contribution in [3.05, 3.63) is 40.2 Å². The minimum absolute atomic E-state index is 0.0667. The number of thiazole rings is 1. The van der Waals surface area contributed by atoms with E-state index in [4.69, 9.17) is 10.5 Å². The van der Waals surface area contributed by atoms with Gasteiger partial charge in [-0.25, -0.2) is 4.98 Å². The highest BCUT2D eigenvalue weighted by Crippen LogP contribution is 2.27. The molecule has 2 rings (SSSR count). The van der Waals surface area contributed by atoms with Gasteiger partial charge in [-0.15, -0.1) is 11.3 Å². The van der Waals surface area contributed by atoms with Crippen molar-refractivity contribution < 1.29 is 4.74 Å². The first-order valence-corrected chi connectivity index (χ1v) is 6.99. The van der Waals surface area contributed by atoms with E-state index in [1.807, 2.05) is 26.0 Å². The summed E-state index contributed by atoms with van der Waals surface area (Å²) in [7, 11) is 0. The Hall–Kier alpha value is -1.23. The van der Waals surface area contributed by atoms with Crippen molar-refractivity contribution in [2.24, 2.45) is 5.73 Å². The van der Waals surface area contributed by atoms with E-state index in [2.05, 4.69) is 22.5 Å². The molecule has 1 atom stereocenters. The highest BCUT2D eigenvalue weighted by molar-refractivity contribution is 7.10. The minimum atomic E-state index is 0.0667. The zero-order chi connectivity index (χ0) is 13.0. The third kappa shape index (κ3) is 2.96. The molecule has 0 saturated heterocycles. The number of ether oxygens (including phenoxy) is 1. The summed E-state index contributed by atoms with van der Waals surface area (Å²) in [4.78, 5) is 4.62. The molecule has 0 fully saturated rings. The molecule has 0 bridgehead atoms. The molecule has 0 aliphatic rings. The van der Waals surface area contributed by atoms with Crippen molar-refractivity contribution in [3.8, 4) is 11.3 Å². The lowest BCUT2D eigenvalue weighted by Gasteiger charge is -2.07. The summed E-state index contributed by atoms with van der Waals surface area (Å²) in [6.07, 6.45) is 0.0667. The number of nitrogens with two attached hydrogens (primary N) is 1. The van der Waals surface area contributed by atoms with Crippen LogP contribution in [0.3, 0.4) is 0 Å². The number of nitrogens with zero attached hydrogens (tertiary/aromatic N) is 1. The SMILES string of the molecule is CCOC(C)c1nc(-c2ccc(CN)cc2)cs1. The summed E-state index contributed by atoms with van der Waals surface area (Å²) < 4.78 is 5.54. The number of rotatable bonds is 5. The van der Waals surface area contributed by atoms with Crippen LogP contribution in [0.15, 0.2) is 29.6 Å². The largest absolute Gasteiger partial charge is 0.372 e. The van der Waals surface area contributed by atoms with Gasteiger partial charge >= 0.3 is 0 Å². The molecular formula is C14H18N2OS. The van der Waals surface area contributed by atoms with Crippen LogP contribution in [0.4, 0.5) is 0 Å². The van der Waals surface area contributed by atoms with E-state index in [9.17, 15) is 0 Å². The number of hydrogen-bond acceptors (Lipinski definition) is 4. The van der Waals surface area contributed by atoms with Crippen molar-refractivity contribution in [1.29, 1.82) is 0 Å². The van der Waals surface area contributed by atoms with Crippen molar-refractivity contribution in [1.82, 2.24) is 4.98 Å². The second-order valence-electron chi connectivity index (χ2n) is 4.07. The van der Waals surface area contributed by atoms with E-state index in [-0.39, 0.29) is 6.10 Å². The summed E-state index contributed by atoms with van der Waals surface area (Å²) in [5.41, 5.74) is 8.85. The Bertz CT molecular complexity index is 493. The highest BCUT2D eigenvalue weighted by Gasteiger charge is 2.11. The smallest absolute Gasteiger partial charge is 0.122 e. The average molecular weight is 262 g/mol. The second kappa shape index (κ2) is 6.09. The molecule has 0 radical (unpaired) electrons. The van der Waals surface area contributed by atoms with E-state index in [0.717, 1.165) is 21.8 Å². The molecule has 3 nitrogen and oxygen atoms in total. The van der Waals surface area contributed by atoms with Crippen LogP contribution in [0.2, 0.25) is 0 Å². The van der Waals surface area contributed by atoms with Crippen LogP contribution in [-0.4, -0.2) is 11.6 Å². The molecule has 0 spiro atoms. The first kappa shape index (κ1) is 13.2. The van der Waals surface area contributed by atoms with Crippen LogP contribution in [-0.2, 0) is 11.3 Å². The number of aromatic nitrogens is 1. The molecular weight excluding hydrogens is 244 g/mol. The highest BCUT2D eigenvalue weighted by atomic mass is 32.1. The first-order chi connectivity index (χ1) is 8.74. The fraction of sp³-hybridized carbons (Fsp3) is 0.357. The summed E-state index contributed by atoms with van der Waals surface area (Å²) >= 11 is 1.64. The Morgan fingerprint density at radius 1 is 1.33 bits per heavy atom. The van der Waals surface area contributed by atoms with Crippen molar-refractivity contribution in [2.45, 2.75) is 26.5 Å². The van der Waals surface area contributed by atoms with Crippen LogP contribution in [0.1, 0.15) is 30.5 Å². The standard InChI is InChI=1S/C14H18N2OS/c1-3-17-10(2)14-16-13(9-18-14)12-6-4-11(8-15)5-7-12/h4-7,9-10H,3,8,15H2,1-2H3. The number of benzene rings is 1. The summed E-state index contributed by atoms with van der Waals surface area (Å²) in [6, 6.07) is 8.21. The molecule has 1 aromatic heterocycles. The van der Waals surface area contributed by atoms with Crippen LogP contribution in [0.25, 0.3) is 11.3 Å². The van der Waals surface area contributed by atoms with Crippen LogP contribution in [0, 0.1) is 0 Å². The molecule has 0 amide bonds. The van der Waals surface area contributed by atoms with Crippen LogP contribution < -0.4 is 5.73 Å². The third-order valence-electron chi connectivity index (χ3n) is 2.77. The van der Waals surface area contributed by atoms with Gasteiger partial charge < -0.3 is 10.5 Å². The summed E-state index contributed by atoms with van der Waals surface area (Å²) in [5.74, 6) is 0. The maximum absolute atomic E-state index is 5.59. The van der Waals surface area contributed by atoms with Gasteiger partial charge in [0.25, 0.3) is 0 Å². The monoisotopic (exact) mass is 262 g/mol. The van der Waals surface area contributed by atoms with Crippen molar-refractivity contribution in [2.75, 3.05) is 6.61 Å². The summed E-state index contributed by atoms with van der Waals surface area (Å²) in [6.45, 7) is 5.31. The Labute approximate surface area is 112 Å². The van der Waals surface area contributed by atoms with Gasteiger partial charge in [0.05, 0.1) is 5.69 Å². The average Bonchev–Trinajstić information content (AvgIpc) is 2.89. The van der Waals surface area contributed by atoms with E-state index in [0.29, 0.717) is 13.2 Å². The maximum Gasteiger partial charge on any atom is 0.122 e. The molecule has 2 N–H and O–H groups in total. The molecule has 2 aromatic rings. The fourth-order valence-corrected chi connectivity index (χ4v) is 2.57. The predicted molar refractivity (Wildman–Crippen MR) is 75.5 cm³/mol. The molecule has 0 saturated carbocycles. The first-order valence-electron chi connectivity index (χ1n) is 6.11. The topological polar surface area (TPSA) is 48.1 Å². The van der Waals surface area contributed by atoms with Gasteiger partial charge in [0.15, 0.2) is 0 Å². The lowest BCUT2D eigenvalue weighted by molar-refractivity contribution is 0.0762. The van der Waals surface area contributed by atoms with Crippen molar-refractivity contribution in [3.63, 3.8) is 0 Å². The normalized spacial score (nSPS) is 12.6.